The number of methoxy groups -OCH3 is 1. The number of ether oxygens (including phenoxy) is 1. The third-order valence-electron chi connectivity index (χ3n) is 3.90. The van der Waals surface area contributed by atoms with Gasteiger partial charge in [-0.25, -0.2) is 4.79 Å². The standard InChI is InChI=1S/C20H21BrN2O4/c1-13-8-7-10-16(19(23-26-4)20(24)25-3)17(13)12-27-22-14(2)15-9-5-6-11-18(15)21/h5-11H,12H2,1-4H3/b22-14+,23-19+. The molecule has 0 amide bonds. The fourth-order valence-electron chi connectivity index (χ4n) is 2.50. The largest absolute Gasteiger partial charge is 0.464 e. The van der Waals surface area contributed by atoms with Crippen molar-refractivity contribution >= 4 is 33.3 Å². The highest BCUT2D eigenvalue weighted by atomic mass is 79.9. The van der Waals surface area contributed by atoms with E-state index in [1.807, 2.05) is 50.2 Å². The minimum Gasteiger partial charge on any atom is -0.464 e. The Morgan fingerprint density at radius 1 is 1.04 bits per heavy atom. The predicted octanol–water partition coefficient (Wildman–Crippen LogP) is 4.22. The van der Waals surface area contributed by atoms with Crippen LogP contribution in [0.25, 0.3) is 0 Å². The quantitative estimate of drug-likeness (QED) is 0.373. The molecule has 0 radical (unpaired) electrons. The van der Waals surface area contributed by atoms with Crippen LogP contribution in [0.2, 0.25) is 0 Å². The number of carbonyl (C=O) groups excluding carboxylic acids is 1. The average Bonchev–Trinajstić information content (AvgIpc) is 2.67. The van der Waals surface area contributed by atoms with Crippen molar-refractivity contribution in [2.24, 2.45) is 10.3 Å². The summed E-state index contributed by atoms with van der Waals surface area (Å²) in [5.41, 5.74) is 4.05. The second-order valence-electron chi connectivity index (χ2n) is 5.65. The van der Waals surface area contributed by atoms with E-state index >= 15 is 0 Å². The topological polar surface area (TPSA) is 69.5 Å². The van der Waals surface area contributed by atoms with Crippen LogP contribution in [0.3, 0.4) is 0 Å². The van der Waals surface area contributed by atoms with Gasteiger partial charge >= 0.3 is 5.97 Å². The number of oxime groups is 2. The van der Waals surface area contributed by atoms with Crippen LogP contribution in [-0.2, 0) is 25.8 Å². The van der Waals surface area contributed by atoms with Gasteiger partial charge < -0.3 is 14.4 Å². The molecule has 0 aliphatic rings. The highest BCUT2D eigenvalue weighted by Crippen LogP contribution is 2.19. The number of esters is 1. The Hall–Kier alpha value is -2.67. The van der Waals surface area contributed by atoms with Gasteiger partial charge in [-0.1, -0.05) is 62.6 Å². The van der Waals surface area contributed by atoms with E-state index < -0.39 is 5.97 Å². The number of benzene rings is 2. The molecule has 7 heteroatoms. The molecule has 0 N–H and O–H groups in total. The van der Waals surface area contributed by atoms with Gasteiger partial charge in [-0.3, -0.25) is 0 Å². The lowest BCUT2D eigenvalue weighted by Crippen LogP contribution is -2.20. The first-order chi connectivity index (χ1) is 13.0. The van der Waals surface area contributed by atoms with E-state index in [0.29, 0.717) is 5.56 Å². The van der Waals surface area contributed by atoms with Gasteiger partial charge in [0.1, 0.15) is 13.7 Å². The van der Waals surface area contributed by atoms with Gasteiger partial charge in [-0.05, 0) is 25.5 Å². The molecule has 0 aliphatic heterocycles. The van der Waals surface area contributed by atoms with Gasteiger partial charge in [0.2, 0.25) is 0 Å². The summed E-state index contributed by atoms with van der Waals surface area (Å²) >= 11 is 3.50. The highest BCUT2D eigenvalue weighted by Gasteiger charge is 2.20. The number of nitrogens with zero attached hydrogens (tertiary/aromatic N) is 2. The molecule has 0 heterocycles. The highest BCUT2D eigenvalue weighted by molar-refractivity contribution is 9.10. The van der Waals surface area contributed by atoms with Crippen molar-refractivity contribution in [1.29, 1.82) is 0 Å². The van der Waals surface area contributed by atoms with Crippen molar-refractivity contribution in [1.82, 2.24) is 0 Å². The first-order valence-corrected chi connectivity index (χ1v) is 8.98. The summed E-state index contributed by atoms with van der Waals surface area (Å²) in [6, 6.07) is 13.3. The molecule has 2 aromatic carbocycles. The van der Waals surface area contributed by atoms with Crippen LogP contribution in [-0.4, -0.2) is 31.6 Å². The fourth-order valence-corrected chi connectivity index (χ4v) is 3.07. The number of hydrogen-bond acceptors (Lipinski definition) is 6. The monoisotopic (exact) mass is 432 g/mol. The molecule has 0 saturated carbocycles. The first kappa shape index (κ1) is 20.6. The lowest BCUT2D eigenvalue weighted by Gasteiger charge is -2.12. The normalized spacial score (nSPS) is 11.9. The van der Waals surface area contributed by atoms with Gasteiger partial charge in [-0.15, -0.1) is 0 Å². The van der Waals surface area contributed by atoms with E-state index in [1.54, 1.807) is 6.07 Å². The smallest absolute Gasteiger partial charge is 0.360 e. The van der Waals surface area contributed by atoms with Crippen molar-refractivity contribution in [2.75, 3.05) is 14.2 Å². The second kappa shape index (κ2) is 9.87. The van der Waals surface area contributed by atoms with Crippen LogP contribution in [0, 0.1) is 6.92 Å². The Morgan fingerprint density at radius 2 is 1.74 bits per heavy atom. The predicted molar refractivity (Wildman–Crippen MR) is 108 cm³/mol. The first-order valence-electron chi connectivity index (χ1n) is 8.19. The Morgan fingerprint density at radius 3 is 2.41 bits per heavy atom. The molecule has 0 aromatic heterocycles. The number of halogens is 1. The maximum Gasteiger partial charge on any atom is 0.360 e. The Labute approximate surface area is 166 Å². The molecule has 0 saturated heterocycles. The van der Waals surface area contributed by atoms with Crippen LogP contribution in [0.1, 0.15) is 29.2 Å². The molecule has 0 unspecified atom stereocenters. The molecule has 0 fully saturated rings. The number of carbonyl (C=O) groups is 1. The summed E-state index contributed by atoms with van der Waals surface area (Å²) in [7, 11) is 2.67. The zero-order valence-electron chi connectivity index (χ0n) is 15.7. The molecule has 2 rings (SSSR count). The summed E-state index contributed by atoms with van der Waals surface area (Å²) in [5, 5.41) is 8.02. The zero-order valence-corrected chi connectivity index (χ0v) is 17.2. The molecule has 0 atom stereocenters. The molecular formula is C20H21BrN2O4. The fraction of sp³-hybridized carbons (Fsp3) is 0.250. The van der Waals surface area contributed by atoms with Crippen LogP contribution in [0.4, 0.5) is 0 Å². The zero-order chi connectivity index (χ0) is 19.8. The molecule has 6 nitrogen and oxygen atoms in total. The Balaban J connectivity index is 2.29. The molecule has 2 aromatic rings. The summed E-state index contributed by atoms with van der Waals surface area (Å²) < 4.78 is 5.74. The summed E-state index contributed by atoms with van der Waals surface area (Å²) in [4.78, 5) is 22.4. The van der Waals surface area contributed by atoms with Crippen LogP contribution in [0.15, 0.2) is 57.2 Å². The third kappa shape index (κ3) is 5.17. The maximum absolute atomic E-state index is 12.1. The van der Waals surface area contributed by atoms with Gasteiger partial charge in [0.15, 0.2) is 5.71 Å². The van der Waals surface area contributed by atoms with Crippen LogP contribution in [0.5, 0.6) is 0 Å². The summed E-state index contributed by atoms with van der Waals surface area (Å²) in [6.45, 7) is 3.96. The van der Waals surface area contributed by atoms with Gasteiger partial charge in [0.05, 0.1) is 12.8 Å². The van der Waals surface area contributed by atoms with Crippen molar-refractivity contribution in [3.05, 3.63) is 69.2 Å². The molecule has 0 spiro atoms. The maximum atomic E-state index is 12.1. The van der Waals surface area contributed by atoms with Gasteiger partial charge in [0, 0.05) is 21.2 Å². The van der Waals surface area contributed by atoms with Gasteiger partial charge in [0.25, 0.3) is 0 Å². The molecule has 0 aliphatic carbocycles. The van der Waals surface area contributed by atoms with Crippen molar-refractivity contribution in [3.63, 3.8) is 0 Å². The van der Waals surface area contributed by atoms with Crippen molar-refractivity contribution in [2.45, 2.75) is 20.5 Å². The van der Waals surface area contributed by atoms with Crippen LogP contribution < -0.4 is 0 Å². The molecule has 142 valence electrons. The number of rotatable bonds is 7. The minimum atomic E-state index is -0.586. The van der Waals surface area contributed by atoms with E-state index in [-0.39, 0.29) is 12.3 Å². The minimum absolute atomic E-state index is 0.0776. The SMILES string of the molecule is CO/N=C(/C(=O)OC)c1cccc(C)c1CO/N=C(\C)c1ccccc1Br. The molecule has 0 bridgehead atoms. The average molecular weight is 433 g/mol. The van der Waals surface area contributed by atoms with Gasteiger partial charge in [-0.2, -0.15) is 0 Å². The lowest BCUT2D eigenvalue weighted by molar-refractivity contribution is -0.132. The lowest BCUT2D eigenvalue weighted by atomic mass is 9.99. The Bertz CT molecular complexity index is 878. The molecule has 27 heavy (non-hydrogen) atoms. The van der Waals surface area contributed by atoms with E-state index in [0.717, 1.165) is 26.9 Å². The van der Waals surface area contributed by atoms with Crippen molar-refractivity contribution in [3.8, 4) is 0 Å². The van der Waals surface area contributed by atoms with E-state index in [9.17, 15) is 4.79 Å². The Kier molecular flexibility index (Phi) is 7.55. The molecular weight excluding hydrogens is 412 g/mol. The number of aryl methyl sites for hydroxylation is 1. The van der Waals surface area contributed by atoms with Crippen molar-refractivity contribution < 1.29 is 19.2 Å². The van der Waals surface area contributed by atoms with E-state index in [2.05, 4.69) is 26.2 Å². The summed E-state index contributed by atoms with van der Waals surface area (Å²) in [5.74, 6) is -0.586. The second-order valence-corrected chi connectivity index (χ2v) is 6.50. The summed E-state index contributed by atoms with van der Waals surface area (Å²) in [6.07, 6.45) is 0. The number of hydrogen-bond donors (Lipinski definition) is 0. The third-order valence-corrected chi connectivity index (χ3v) is 4.59. The van der Waals surface area contributed by atoms with Crippen LogP contribution >= 0.6 is 15.9 Å². The van der Waals surface area contributed by atoms with E-state index in [1.165, 1.54) is 14.2 Å². The van der Waals surface area contributed by atoms with E-state index in [4.69, 9.17) is 14.4 Å².